The Morgan fingerprint density at radius 1 is 1.00 bits per heavy atom. The Balaban J connectivity index is 1.11. The minimum absolute atomic E-state index is 0.191. The molecule has 30 heavy (non-hydrogen) atoms. The summed E-state index contributed by atoms with van der Waals surface area (Å²) < 4.78 is 11.1. The Bertz CT molecular complexity index is 905. The van der Waals surface area contributed by atoms with Crippen LogP contribution in [-0.4, -0.2) is 36.7 Å². The van der Waals surface area contributed by atoms with E-state index in [1.54, 1.807) is 18.2 Å². The third-order valence-corrected chi connectivity index (χ3v) is 7.66. The molecule has 0 radical (unpaired) electrons. The molecule has 2 aliphatic heterocycles. The van der Waals surface area contributed by atoms with Gasteiger partial charge in [0, 0.05) is 23.6 Å². The van der Waals surface area contributed by atoms with E-state index in [0.717, 1.165) is 19.3 Å². The molecule has 4 bridgehead atoms. The van der Waals surface area contributed by atoms with Crippen LogP contribution in [0.25, 0.3) is 0 Å². The van der Waals surface area contributed by atoms with Crippen LogP contribution in [0.2, 0.25) is 0 Å². The number of ether oxygens (including phenoxy) is 2. The summed E-state index contributed by atoms with van der Waals surface area (Å²) in [6, 6.07) is 4.84. The van der Waals surface area contributed by atoms with Gasteiger partial charge in [-0.3, -0.25) is 15.0 Å². The lowest BCUT2D eigenvalue weighted by atomic mass is 9.48. The third-order valence-electron chi connectivity index (χ3n) is 7.66. The number of amides is 1. The number of carbonyl (C=O) groups excluding carboxylic acids is 2. The lowest BCUT2D eigenvalue weighted by molar-refractivity contribution is -0.136. The summed E-state index contributed by atoms with van der Waals surface area (Å²) in [7, 11) is 0. The van der Waals surface area contributed by atoms with E-state index < -0.39 is 6.04 Å². The fourth-order valence-corrected chi connectivity index (χ4v) is 6.78. The van der Waals surface area contributed by atoms with Crippen molar-refractivity contribution in [3.63, 3.8) is 0 Å². The highest BCUT2D eigenvalue weighted by molar-refractivity contribution is 6.42. The van der Waals surface area contributed by atoms with E-state index in [-0.39, 0.29) is 17.1 Å². The zero-order valence-corrected chi connectivity index (χ0v) is 17.0. The first-order chi connectivity index (χ1) is 14.6. The Hall–Kier alpha value is -2.57. The number of carbonyl (C=O) groups is 2. The van der Waals surface area contributed by atoms with Crippen molar-refractivity contribution in [2.45, 2.75) is 51.0 Å². The Labute approximate surface area is 175 Å². The average Bonchev–Trinajstić information content (AvgIpc) is 3.22. The maximum absolute atomic E-state index is 13.5. The van der Waals surface area contributed by atoms with E-state index in [4.69, 9.17) is 9.47 Å². The molecule has 4 fully saturated rings. The van der Waals surface area contributed by atoms with Crippen molar-refractivity contribution in [3.8, 4) is 11.5 Å². The molecule has 4 aliphatic carbocycles. The smallest absolute Gasteiger partial charge is 0.248 e. The van der Waals surface area contributed by atoms with Crippen molar-refractivity contribution in [1.29, 1.82) is 0 Å². The molecule has 1 amide bonds. The molecule has 6 aliphatic rings. The number of hydrazone groups is 1. The quantitative estimate of drug-likeness (QED) is 0.798. The number of nitrogens with zero attached hydrogens (tertiary/aromatic N) is 1. The van der Waals surface area contributed by atoms with Gasteiger partial charge in [0.1, 0.15) is 25.0 Å². The van der Waals surface area contributed by atoms with Gasteiger partial charge in [0.05, 0.1) is 0 Å². The second kappa shape index (κ2) is 6.72. The number of hydrogen-bond acceptors (Lipinski definition) is 6. The molecule has 2 heterocycles. The third kappa shape index (κ3) is 2.97. The molecular formula is C23H27N3O4. The second-order valence-corrected chi connectivity index (χ2v) is 9.82. The lowest BCUT2D eigenvalue weighted by Gasteiger charge is -2.55. The zero-order valence-electron chi connectivity index (χ0n) is 17.0. The first kappa shape index (κ1) is 18.2. The lowest BCUT2D eigenvalue weighted by Crippen LogP contribution is -2.51. The maximum Gasteiger partial charge on any atom is 0.248 e. The topological polar surface area (TPSA) is 89.0 Å². The van der Waals surface area contributed by atoms with Crippen LogP contribution < -0.4 is 20.2 Å². The van der Waals surface area contributed by atoms with Crippen molar-refractivity contribution in [2.24, 2.45) is 28.3 Å². The molecule has 4 saturated carbocycles. The van der Waals surface area contributed by atoms with Gasteiger partial charge in [-0.15, -0.1) is 0 Å². The van der Waals surface area contributed by atoms with Crippen LogP contribution in [0.3, 0.4) is 0 Å². The molecular weight excluding hydrogens is 382 g/mol. The van der Waals surface area contributed by atoms with Crippen molar-refractivity contribution in [2.75, 3.05) is 18.5 Å². The number of benzene rings is 1. The second-order valence-electron chi connectivity index (χ2n) is 9.82. The van der Waals surface area contributed by atoms with Gasteiger partial charge < -0.3 is 14.8 Å². The molecule has 1 atom stereocenters. The zero-order chi connectivity index (χ0) is 20.3. The summed E-state index contributed by atoms with van der Waals surface area (Å²) in [6.07, 6.45) is 7.32. The summed E-state index contributed by atoms with van der Waals surface area (Å²) >= 11 is 0. The molecule has 1 unspecified atom stereocenters. The molecule has 7 heteroatoms. The minimum Gasteiger partial charge on any atom is -0.486 e. The summed E-state index contributed by atoms with van der Waals surface area (Å²) in [5, 5.41) is 7.23. The SMILES string of the molecule is O=C(Nc1ccc2c(c1)OCCO2)C1CC(C(=O)C23CC4CC(CC(C4)C2)C3)=NN1. The highest BCUT2D eigenvalue weighted by Crippen LogP contribution is 2.60. The van der Waals surface area contributed by atoms with Crippen molar-refractivity contribution in [3.05, 3.63) is 18.2 Å². The fraction of sp³-hybridized carbons (Fsp3) is 0.609. The van der Waals surface area contributed by atoms with E-state index in [2.05, 4.69) is 15.8 Å². The standard InChI is InChI=1S/C23H27N3O4/c27-21(23-10-13-5-14(11-23)7-15(6-13)12-23)17-9-18(26-25-17)22(28)24-16-1-2-19-20(8-16)30-4-3-29-19/h1-2,8,13-15,18,26H,3-7,9-12H2,(H,24,28). The number of ketones is 1. The summed E-state index contributed by atoms with van der Waals surface area (Å²) in [5.74, 6) is 3.46. The van der Waals surface area contributed by atoms with E-state index in [1.165, 1.54) is 19.3 Å². The fourth-order valence-electron chi connectivity index (χ4n) is 6.78. The van der Waals surface area contributed by atoms with E-state index in [1.807, 2.05) is 0 Å². The van der Waals surface area contributed by atoms with E-state index in [9.17, 15) is 9.59 Å². The van der Waals surface area contributed by atoms with Crippen molar-refractivity contribution >= 4 is 23.1 Å². The van der Waals surface area contributed by atoms with Crippen LogP contribution in [0.4, 0.5) is 5.69 Å². The molecule has 0 spiro atoms. The summed E-state index contributed by atoms with van der Waals surface area (Å²) in [4.78, 5) is 26.2. The number of fused-ring (bicyclic) bond motifs is 1. The molecule has 2 N–H and O–H groups in total. The summed E-state index contributed by atoms with van der Waals surface area (Å²) in [6.45, 7) is 1.03. The minimum atomic E-state index is -0.522. The number of anilines is 1. The van der Waals surface area contributed by atoms with Crippen LogP contribution in [-0.2, 0) is 9.59 Å². The van der Waals surface area contributed by atoms with Gasteiger partial charge >= 0.3 is 0 Å². The first-order valence-electron chi connectivity index (χ1n) is 11.2. The van der Waals surface area contributed by atoms with Crippen LogP contribution >= 0.6 is 0 Å². The van der Waals surface area contributed by atoms with Gasteiger partial charge in [0.25, 0.3) is 0 Å². The normalized spacial score (nSPS) is 35.5. The molecule has 1 aromatic rings. The largest absolute Gasteiger partial charge is 0.486 e. The maximum atomic E-state index is 13.5. The summed E-state index contributed by atoms with van der Waals surface area (Å²) in [5.41, 5.74) is 3.89. The molecule has 7 rings (SSSR count). The van der Waals surface area contributed by atoms with Gasteiger partial charge in [0.15, 0.2) is 17.3 Å². The molecule has 1 aromatic carbocycles. The monoisotopic (exact) mass is 409 g/mol. The Morgan fingerprint density at radius 3 is 2.37 bits per heavy atom. The van der Waals surface area contributed by atoms with Crippen LogP contribution in [0.5, 0.6) is 11.5 Å². The van der Waals surface area contributed by atoms with Crippen molar-refractivity contribution < 1.29 is 19.1 Å². The number of hydrogen-bond donors (Lipinski definition) is 2. The number of rotatable bonds is 4. The number of nitrogens with one attached hydrogen (secondary N) is 2. The molecule has 0 aromatic heterocycles. The van der Waals surface area contributed by atoms with Gasteiger partial charge in [0.2, 0.25) is 5.91 Å². The average molecular weight is 409 g/mol. The van der Waals surface area contributed by atoms with Crippen LogP contribution in [0.15, 0.2) is 23.3 Å². The Kier molecular flexibility index (Phi) is 4.08. The highest BCUT2D eigenvalue weighted by atomic mass is 16.6. The van der Waals surface area contributed by atoms with Gasteiger partial charge in [-0.05, 0) is 68.4 Å². The predicted octanol–water partition coefficient (Wildman–Crippen LogP) is 2.90. The van der Waals surface area contributed by atoms with Crippen LogP contribution in [0, 0.1) is 23.2 Å². The highest BCUT2D eigenvalue weighted by Gasteiger charge is 2.55. The number of Topliss-reactive ketones (excluding diaryl/α,β-unsaturated/α-hetero) is 1. The van der Waals surface area contributed by atoms with E-state index in [0.29, 0.717) is 60.3 Å². The Morgan fingerprint density at radius 2 is 1.67 bits per heavy atom. The first-order valence-corrected chi connectivity index (χ1v) is 11.2. The van der Waals surface area contributed by atoms with E-state index >= 15 is 0 Å². The molecule has 0 saturated heterocycles. The van der Waals surface area contributed by atoms with Crippen LogP contribution in [0.1, 0.15) is 44.9 Å². The van der Waals surface area contributed by atoms with Gasteiger partial charge in [-0.2, -0.15) is 5.10 Å². The molecule has 158 valence electrons. The van der Waals surface area contributed by atoms with Crippen molar-refractivity contribution in [1.82, 2.24) is 5.43 Å². The predicted molar refractivity (Wildman–Crippen MR) is 111 cm³/mol. The molecule has 7 nitrogen and oxygen atoms in total. The van der Waals surface area contributed by atoms with Gasteiger partial charge in [-0.1, -0.05) is 0 Å². The van der Waals surface area contributed by atoms with Gasteiger partial charge in [-0.25, -0.2) is 0 Å².